The second kappa shape index (κ2) is 8.54. The van der Waals surface area contributed by atoms with Crippen LogP contribution in [0, 0.1) is 5.92 Å². The molecule has 1 aliphatic rings. The van der Waals surface area contributed by atoms with Crippen molar-refractivity contribution >= 4 is 11.9 Å². The molecule has 120 valence electrons. The molecule has 0 saturated carbocycles. The smallest absolute Gasteiger partial charge is 0.303 e. The lowest BCUT2D eigenvalue weighted by molar-refractivity contribution is -0.138. The van der Waals surface area contributed by atoms with Crippen molar-refractivity contribution in [2.45, 2.75) is 32.2 Å². The van der Waals surface area contributed by atoms with E-state index < -0.39 is 5.97 Å². The van der Waals surface area contributed by atoms with Gasteiger partial charge in [-0.1, -0.05) is 30.3 Å². The fourth-order valence-electron chi connectivity index (χ4n) is 2.86. The van der Waals surface area contributed by atoms with Crippen LogP contribution in [0.25, 0.3) is 0 Å². The zero-order chi connectivity index (χ0) is 15.8. The van der Waals surface area contributed by atoms with E-state index in [1.165, 1.54) is 5.56 Å². The highest BCUT2D eigenvalue weighted by Gasteiger charge is 2.22. The third kappa shape index (κ3) is 5.85. The standard InChI is InChI=1S/C17H24N2O3/c20-16(6-7-17(21)22)18-10-8-15-9-11-19(13-15)12-14-4-2-1-3-5-14/h1-5,15H,6-13H2,(H,18,20)(H,21,22). The average molecular weight is 304 g/mol. The van der Waals surface area contributed by atoms with E-state index in [2.05, 4.69) is 34.5 Å². The van der Waals surface area contributed by atoms with E-state index in [0.717, 1.165) is 32.5 Å². The minimum Gasteiger partial charge on any atom is -0.481 e. The number of likely N-dealkylation sites (tertiary alicyclic amines) is 1. The van der Waals surface area contributed by atoms with Crippen LogP contribution in [0.4, 0.5) is 0 Å². The molecule has 1 atom stereocenters. The molecule has 5 heteroatoms. The first-order chi connectivity index (χ1) is 10.6. The lowest BCUT2D eigenvalue weighted by Gasteiger charge is -2.16. The summed E-state index contributed by atoms with van der Waals surface area (Å²) in [5, 5.41) is 11.3. The Kier molecular flexibility index (Phi) is 6.40. The molecule has 0 aliphatic carbocycles. The summed E-state index contributed by atoms with van der Waals surface area (Å²) in [7, 11) is 0. The lowest BCUT2D eigenvalue weighted by atomic mass is 10.1. The highest BCUT2D eigenvalue weighted by atomic mass is 16.4. The molecule has 22 heavy (non-hydrogen) atoms. The van der Waals surface area contributed by atoms with E-state index in [1.807, 2.05) is 6.07 Å². The minimum absolute atomic E-state index is 0.0696. The highest BCUT2D eigenvalue weighted by molar-refractivity contribution is 5.80. The number of carboxylic acid groups (broad SMARTS) is 1. The van der Waals surface area contributed by atoms with Gasteiger partial charge in [0.1, 0.15) is 0 Å². The second-order valence-electron chi connectivity index (χ2n) is 5.91. The quantitative estimate of drug-likeness (QED) is 0.769. The molecule has 0 spiro atoms. The van der Waals surface area contributed by atoms with Crippen molar-refractivity contribution in [1.29, 1.82) is 0 Å². The molecule has 1 aliphatic heterocycles. The van der Waals surface area contributed by atoms with Crippen LogP contribution in [0.5, 0.6) is 0 Å². The number of rotatable bonds is 8. The van der Waals surface area contributed by atoms with E-state index in [-0.39, 0.29) is 18.7 Å². The number of aliphatic carboxylic acids is 1. The number of amides is 1. The van der Waals surface area contributed by atoms with Gasteiger partial charge >= 0.3 is 5.97 Å². The Labute approximate surface area is 131 Å². The van der Waals surface area contributed by atoms with Gasteiger partial charge in [-0.2, -0.15) is 0 Å². The van der Waals surface area contributed by atoms with Gasteiger partial charge in [0.15, 0.2) is 0 Å². The maximum atomic E-state index is 11.4. The summed E-state index contributed by atoms with van der Waals surface area (Å²) in [5.74, 6) is -0.479. The van der Waals surface area contributed by atoms with Gasteiger partial charge in [-0.05, 0) is 30.9 Å². The van der Waals surface area contributed by atoms with E-state index in [4.69, 9.17) is 5.11 Å². The predicted octanol–water partition coefficient (Wildman–Crippen LogP) is 1.88. The first kappa shape index (κ1) is 16.5. The summed E-state index contributed by atoms with van der Waals surface area (Å²) in [5.41, 5.74) is 1.34. The number of hydrogen-bond donors (Lipinski definition) is 2. The van der Waals surface area contributed by atoms with Crippen molar-refractivity contribution in [2.24, 2.45) is 5.92 Å². The number of carbonyl (C=O) groups is 2. The van der Waals surface area contributed by atoms with Crippen LogP contribution >= 0.6 is 0 Å². The SMILES string of the molecule is O=C(O)CCC(=O)NCCC1CCN(Cc2ccccc2)C1. The Hall–Kier alpha value is -1.88. The Bertz CT molecular complexity index is 490. The van der Waals surface area contributed by atoms with Crippen LogP contribution in [-0.4, -0.2) is 41.5 Å². The van der Waals surface area contributed by atoms with Gasteiger partial charge in [0.05, 0.1) is 6.42 Å². The van der Waals surface area contributed by atoms with Crippen molar-refractivity contribution in [3.05, 3.63) is 35.9 Å². The first-order valence-electron chi connectivity index (χ1n) is 7.88. The van der Waals surface area contributed by atoms with Gasteiger partial charge in [-0.25, -0.2) is 0 Å². The maximum absolute atomic E-state index is 11.4. The van der Waals surface area contributed by atoms with Crippen LogP contribution < -0.4 is 5.32 Å². The molecular weight excluding hydrogens is 280 g/mol. The molecule has 2 N–H and O–H groups in total. The van der Waals surface area contributed by atoms with Crippen molar-refractivity contribution in [2.75, 3.05) is 19.6 Å². The summed E-state index contributed by atoms with van der Waals surface area (Å²) < 4.78 is 0. The molecule has 1 aromatic rings. The molecule has 1 saturated heterocycles. The topological polar surface area (TPSA) is 69.6 Å². The van der Waals surface area contributed by atoms with Crippen LogP contribution in [0.15, 0.2) is 30.3 Å². The second-order valence-corrected chi connectivity index (χ2v) is 5.91. The van der Waals surface area contributed by atoms with Crippen molar-refractivity contribution in [3.63, 3.8) is 0 Å². The van der Waals surface area contributed by atoms with Crippen molar-refractivity contribution in [3.8, 4) is 0 Å². The number of carboxylic acids is 1. The van der Waals surface area contributed by atoms with Crippen LogP contribution in [0.3, 0.4) is 0 Å². The largest absolute Gasteiger partial charge is 0.481 e. The normalized spacial score (nSPS) is 18.3. The molecule has 1 heterocycles. The molecule has 1 amide bonds. The first-order valence-corrected chi connectivity index (χ1v) is 7.88. The molecule has 1 aromatic carbocycles. The van der Waals surface area contributed by atoms with E-state index in [9.17, 15) is 9.59 Å². The van der Waals surface area contributed by atoms with Gasteiger partial charge in [0, 0.05) is 26.1 Å². The Balaban J connectivity index is 1.60. The maximum Gasteiger partial charge on any atom is 0.303 e. The van der Waals surface area contributed by atoms with Gasteiger partial charge < -0.3 is 10.4 Å². The minimum atomic E-state index is -0.928. The molecule has 0 aromatic heterocycles. The van der Waals surface area contributed by atoms with Gasteiger partial charge in [-0.3, -0.25) is 14.5 Å². The third-order valence-electron chi connectivity index (χ3n) is 4.06. The summed E-state index contributed by atoms with van der Waals surface area (Å²) in [6.07, 6.45) is 2.10. The van der Waals surface area contributed by atoms with Crippen LogP contribution in [-0.2, 0) is 16.1 Å². The highest BCUT2D eigenvalue weighted by Crippen LogP contribution is 2.20. The van der Waals surface area contributed by atoms with E-state index >= 15 is 0 Å². The summed E-state index contributed by atoms with van der Waals surface area (Å²) in [4.78, 5) is 24.3. The fourth-order valence-corrected chi connectivity index (χ4v) is 2.86. The number of nitrogens with one attached hydrogen (secondary N) is 1. The van der Waals surface area contributed by atoms with Gasteiger partial charge in [0.25, 0.3) is 0 Å². The van der Waals surface area contributed by atoms with Crippen LogP contribution in [0.1, 0.15) is 31.2 Å². The number of hydrogen-bond acceptors (Lipinski definition) is 3. The summed E-state index contributed by atoms with van der Waals surface area (Å²) >= 11 is 0. The van der Waals surface area contributed by atoms with Crippen molar-refractivity contribution < 1.29 is 14.7 Å². The Morgan fingerprint density at radius 1 is 1.23 bits per heavy atom. The molecule has 2 rings (SSSR count). The fraction of sp³-hybridized carbons (Fsp3) is 0.529. The Morgan fingerprint density at radius 2 is 2.00 bits per heavy atom. The zero-order valence-electron chi connectivity index (χ0n) is 12.8. The molecule has 0 radical (unpaired) electrons. The van der Waals surface area contributed by atoms with E-state index in [1.54, 1.807) is 0 Å². The zero-order valence-corrected chi connectivity index (χ0v) is 12.8. The monoisotopic (exact) mass is 304 g/mol. The average Bonchev–Trinajstić information content (AvgIpc) is 2.93. The lowest BCUT2D eigenvalue weighted by Crippen LogP contribution is -2.27. The number of carbonyl (C=O) groups excluding carboxylic acids is 1. The predicted molar refractivity (Wildman–Crippen MR) is 84.3 cm³/mol. The number of nitrogens with zero attached hydrogens (tertiary/aromatic N) is 1. The molecular formula is C17H24N2O3. The van der Waals surface area contributed by atoms with Gasteiger partial charge in [-0.15, -0.1) is 0 Å². The van der Waals surface area contributed by atoms with Crippen LogP contribution in [0.2, 0.25) is 0 Å². The summed E-state index contributed by atoms with van der Waals surface area (Å²) in [6.45, 7) is 3.80. The molecule has 0 bridgehead atoms. The van der Waals surface area contributed by atoms with Gasteiger partial charge in [0.2, 0.25) is 5.91 Å². The molecule has 1 fully saturated rings. The molecule has 1 unspecified atom stereocenters. The Morgan fingerprint density at radius 3 is 2.73 bits per heavy atom. The van der Waals surface area contributed by atoms with Crippen molar-refractivity contribution in [1.82, 2.24) is 10.2 Å². The van der Waals surface area contributed by atoms with E-state index in [0.29, 0.717) is 12.5 Å². The molecule has 5 nitrogen and oxygen atoms in total. The third-order valence-corrected chi connectivity index (χ3v) is 4.06. The summed E-state index contributed by atoms with van der Waals surface area (Å²) in [6, 6.07) is 10.5. The number of benzene rings is 1.